The van der Waals surface area contributed by atoms with Gasteiger partial charge in [0.1, 0.15) is 0 Å². The Kier molecular flexibility index (Phi) is 8.31. The number of carbonyl (C=O) groups excluding carboxylic acids is 1. The van der Waals surface area contributed by atoms with Gasteiger partial charge in [0.25, 0.3) is 0 Å². The molecule has 0 spiro atoms. The van der Waals surface area contributed by atoms with Crippen molar-refractivity contribution in [1.29, 1.82) is 0 Å². The Morgan fingerprint density at radius 2 is 1.75 bits per heavy atom. The highest BCUT2D eigenvalue weighted by molar-refractivity contribution is 7.89. The van der Waals surface area contributed by atoms with E-state index in [1.807, 2.05) is 0 Å². The molecule has 2 aromatic rings. The first-order valence-electron chi connectivity index (χ1n) is 8.95. The first-order valence-corrected chi connectivity index (χ1v) is 11.1. The molecule has 2 rings (SSSR count). The van der Waals surface area contributed by atoms with E-state index in [0.29, 0.717) is 28.1 Å². The zero-order valence-electron chi connectivity index (χ0n) is 15.9. The van der Waals surface area contributed by atoms with E-state index >= 15 is 0 Å². The van der Waals surface area contributed by atoms with Crippen LogP contribution < -0.4 is 5.32 Å². The fraction of sp³-hybridized carbons (Fsp3) is 0.350. The van der Waals surface area contributed by atoms with E-state index in [9.17, 15) is 13.2 Å². The number of sulfonamides is 1. The van der Waals surface area contributed by atoms with Gasteiger partial charge in [-0.15, -0.1) is 0 Å². The number of hydrogen-bond acceptors (Lipinski definition) is 3. The van der Waals surface area contributed by atoms with Crippen molar-refractivity contribution in [2.45, 2.75) is 31.7 Å². The van der Waals surface area contributed by atoms with Crippen LogP contribution in [0.5, 0.6) is 0 Å². The molecule has 0 aliphatic carbocycles. The van der Waals surface area contributed by atoms with Crippen molar-refractivity contribution >= 4 is 39.1 Å². The van der Waals surface area contributed by atoms with E-state index < -0.39 is 10.0 Å². The molecule has 0 aliphatic rings. The molecule has 1 amide bonds. The van der Waals surface area contributed by atoms with Crippen LogP contribution in [0.4, 0.5) is 0 Å². The summed E-state index contributed by atoms with van der Waals surface area (Å²) in [5.41, 5.74) is 0.694. The molecule has 0 heterocycles. The summed E-state index contributed by atoms with van der Waals surface area (Å²) in [6.45, 7) is 4.37. The van der Waals surface area contributed by atoms with Crippen molar-refractivity contribution in [3.8, 4) is 0 Å². The maximum Gasteiger partial charge on any atom is 0.243 e. The van der Waals surface area contributed by atoms with Crippen LogP contribution in [0.2, 0.25) is 10.0 Å². The zero-order chi connectivity index (χ0) is 20.7. The quantitative estimate of drug-likeness (QED) is 0.627. The Morgan fingerprint density at radius 1 is 1.07 bits per heavy atom. The lowest BCUT2D eigenvalue weighted by molar-refractivity contribution is -0.121. The van der Waals surface area contributed by atoms with Crippen molar-refractivity contribution in [2.75, 3.05) is 13.1 Å². The Morgan fingerprint density at radius 3 is 2.36 bits per heavy atom. The number of rotatable bonds is 9. The van der Waals surface area contributed by atoms with Gasteiger partial charge >= 0.3 is 0 Å². The molecule has 0 aliphatic heterocycles. The number of benzene rings is 2. The molecule has 5 nitrogen and oxygen atoms in total. The number of nitrogens with one attached hydrogen (secondary N) is 1. The Labute approximate surface area is 176 Å². The Hall–Kier alpha value is -1.60. The SMILES string of the molecule is CC(C)CCNC(=O)CN(Cc1cccc(Cl)c1)S(=O)(=O)c1ccc(Cl)cc1. The maximum atomic E-state index is 13.1. The lowest BCUT2D eigenvalue weighted by atomic mass is 10.1. The first kappa shape index (κ1) is 22.7. The van der Waals surface area contributed by atoms with Crippen LogP contribution >= 0.6 is 23.2 Å². The molecule has 0 saturated carbocycles. The van der Waals surface area contributed by atoms with Crippen LogP contribution in [0.15, 0.2) is 53.4 Å². The highest BCUT2D eigenvalue weighted by Gasteiger charge is 2.27. The summed E-state index contributed by atoms with van der Waals surface area (Å²) >= 11 is 11.9. The molecule has 28 heavy (non-hydrogen) atoms. The van der Waals surface area contributed by atoms with Gasteiger partial charge in [-0.1, -0.05) is 49.2 Å². The second kappa shape index (κ2) is 10.3. The van der Waals surface area contributed by atoms with Gasteiger partial charge < -0.3 is 5.32 Å². The van der Waals surface area contributed by atoms with Gasteiger partial charge in [0, 0.05) is 23.1 Å². The van der Waals surface area contributed by atoms with Crippen LogP contribution in [-0.4, -0.2) is 31.7 Å². The molecule has 8 heteroatoms. The lowest BCUT2D eigenvalue weighted by Gasteiger charge is -2.22. The fourth-order valence-electron chi connectivity index (χ4n) is 2.54. The second-order valence-electron chi connectivity index (χ2n) is 6.89. The average Bonchev–Trinajstić information content (AvgIpc) is 2.61. The normalized spacial score (nSPS) is 11.8. The van der Waals surface area contributed by atoms with Gasteiger partial charge in [-0.2, -0.15) is 4.31 Å². The monoisotopic (exact) mass is 442 g/mol. The minimum absolute atomic E-state index is 0.0309. The number of halogens is 2. The van der Waals surface area contributed by atoms with Crippen molar-refractivity contribution in [1.82, 2.24) is 9.62 Å². The molecule has 1 N–H and O–H groups in total. The van der Waals surface area contributed by atoms with Crippen LogP contribution in [0.3, 0.4) is 0 Å². The van der Waals surface area contributed by atoms with E-state index in [1.165, 1.54) is 24.3 Å². The smallest absolute Gasteiger partial charge is 0.243 e. The molecule has 0 fully saturated rings. The summed E-state index contributed by atoms with van der Waals surface area (Å²) in [5.74, 6) is 0.0980. The summed E-state index contributed by atoms with van der Waals surface area (Å²) in [6.07, 6.45) is 0.823. The second-order valence-corrected chi connectivity index (χ2v) is 9.70. The van der Waals surface area contributed by atoms with E-state index in [2.05, 4.69) is 19.2 Å². The number of hydrogen-bond donors (Lipinski definition) is 1. The van der Waals surface area contributed by atoms with Crippen LogP contribution in [0.1, 0.15) is 25.8 Å². The standard InChI is InChI=1S/C20H24Cl2N2O3S/c1-15(2)10-11-23-20(25)14-24(13-16-4-3-5-18(22)12-16)28(26,27)19-8-6-17(21)7-9-19/h3-9,12,15H,10-11,13-14H2,1-2H3,(H,23,25). The average molecular weight is 443 g/mol. The molecule has 0 radical (unpaired) electrons. The third-order valence-electron chi connectivity index (χ3n) is 4.06. The summed E-state index contributed by atoms with van der Waals surface area (Å²) in [4.78, 5) is 12.4. The highest BCUT2D eigenvalue weighted by atomic mass is 35.5. The molecule has 0 atom stereocenters. The largest absolute Gasteiger partial charge is 0.355 e. The number of amides is 1. The van der Waals surface area contributed by atoms with Crippen LogP contribution in [0, 0.1) is 5.92 Å². The number of nitrogens with zero attached hydrogens (tertiary/aromatic N) is 1. The zero-order valence-corrected chi connectivity index (χ0v) is 18.2. The van der Waals surface area contributed by atoms with Crippen molar-refractivity contribution in [2.24, 2.45) is 5.92 Å². The molecule has 0 aromatic heterocycles. The van der Waals surface area contributed by atoms with E-state index in [-0.39, 0.29) is 23.9 Å². The molecule has 152 valence electrons. The Balaban J connectivity index is 2.24. The van der Waals surface area contributed by atoms with Gasteiger partial charge in [0.15, 0.2) is 0 Å². The topological polar surface area (TPSA) is 66.5 Å². The summed E-state index contributed by atoms with van der Waals surface area (Å²) < 4.78 is 27.4. The summed E-state index contributed by atoms with van der Waals surface area (Å²) in [6, 6.07) is 12.8. The summed E-state index contributed by atoms with van der Waals surface area (Å²) in [5, 5.41) is 3.72. The van der Waals surface area contributed by atoms with E-state index in [0.717, 1.165) is 10.7 Å². The molecular weight excluding hydrogens is 419 g/mol. The molecule has 0 unspecified atom stereocenters. The molecular formula is C20H24Cl2N2O3S. The summed E-state index contributed by atoms with van der Waals surface area (Å²) in [7, 11) is -3.89. The molecule has 0 saturated heterocycles. The molecule has 0 bridgehead atoms. The predicted molar refractivity (Wildman–Crippen MR) is 113 cm³/mol. The molecule has 2 aromatic carbocycles. The third-order valence-corrected chi connectivity index (χ3v) is 6.36. The van der Waals surface area contributed by atoms with Gasteiger partial charge in [0.05, 0.1) is 11.4 Å². The van der Waals surface area contributed by atoms with Crippen molar-refractivity contribution in [3.05, 3.63) is 64.1 Å². The van der Waals surface area contributed by atoms with Gasteiger partial charge in [0.2, 0.25) is 15.9 Å². The van der Waals surface area contributed by atoms with Crippen LogP contribution in [0.25, 0.3) is 0 Å². The van der Waals surface area contributed by atoms with E-state index in [4.69, 9.17) is 23.2 Å². The van der Waals surface area contributed by atoms with Crippen molar-refractivity contribution < 1.29 is 13.2 Å². The van der Waals surface area contributed by atoms with Crippen LogP contribution in [-0.2, 0) is 21.4 Å². The van der Waals surface area contributed by atoms with E-state index in [1.54, 1.807) is 24.3 Å². The maximum absolute atomic E-state index is 13.1. The predicted octanol–water partition coefficient (Wildman–Crippen LogP) is 4.35. The van der Waals surface area contributed by atoms with Gasteiger partial charge in [-0.3, -0.25) is 4.79 Å². The minimum atomic E-state index is -3.89. The van der Waals surface area contributed by atoms with Gasteiger partial charge in [-0.25, -0.2) is 8.42 Å². The Bertz CT molecular complexity index is 900. The number of carbonyl (C=O) groups is 1. The lowest BCUT2D eigenvalue weighted by Crippen LogP contribution is -2.40. The fourth-order valence-corrected chi connectivity index (χ4v) is 4.26. The highest BCUT2D eigenvalue weighted by Crippen LogP contribution is 2.21. The van der Waals surface area contributed by atoms with Gasteiger partial charge in [-0.05, 0) is 54.3 Å². The third kappa shape index (κ3) is 6.78. The first-order chi connectivity index (χ1) is 13.2. The minimum Gasteiger partial charge on any atom is -0.355 e. The van der Waals surface area contributed by atoms with Crippen molar-refractivity contribution in [3.63, 3.8) is 0 Å².